The van der Waals surface area contributed by atoms with Crippen molar-refractivity contribution in [1.82, 2.24) is 40.1 Å². The van der Waals surface area contributed by atoms with Gasteiger partial charge in [-0.05, 0) is 31.7 Å². The van der Waals surface area contributed by atoms with Crippen LogP contribution in [0.25, 0.3) is 39.2 Å². The summed E-state index contributed by atoms with van der Waals surface area (Å²) in [5.41, 5.74) is 4.81. The van der Waals surface area contributed by atoms with Crippen LogP contribution in [0, 0.1) is 0 Å². The molecular formula is C33H34Cl2N8O4. The number of hydrogen-bond donors (Lipinski definition) is 3. The fourth-order valence-electron chi connectivity index (χ4n) is 5.70. The lowest BCUT2D eigenvalue weighted by Gasteiger charge is -2.15. The second kappa shape index (κ2) is 14.1. The van der Waals surface area contributed by atoms with Crippen molar-refractivity contribution in [2.45, 2.75) is 32.0 Å². The number of rotatable bonds is 12. The summed E-state index contributed by atoms with van der Waals surface area (Å²) in [5, 5.41) is 14.7. The van der Waals surface area contributed by atoms with Crippen molar-refractivity contribution in [2.24, 2.45) is 0 Å². The van der Waals surface area contributed by atoms with Crippen LogP contribution in [0.4, 0.5) is 0 Å². The molecular weight excluding hydrogens is 643 g/mol. The van der Waals surface area contributed by atoms with Crippen LogP contribution in [0.15, 0.2) is 59.7 Å². The topological polar surface area (TPSA) is 137 Å². The summed E-state index contributed by atoms with van der Waals surface area (Å²) >= 11 is 14.1. The third-order valence-electron chi connectivity index (χ3n) is 8.11. The number of nitrogens with one attached hydrogen (secondary N) is 3. The molecule has 5 aromatic rings. The van der Waals surface area contributed by atoms with Gasteiger partial charge in [0.05, 0.1) is 35.7 Å². The molecule has 1 fully saturated rings. The monoisotopic (exact) mass is 676 g/mol. The van der Waals surface area contributed by atoms with Gasteiger partial charge in [-0.3, -0.25) is 19.1 Å². The number of carbonyl (C=O) groups is 1. The molecule has 0 radical (unpaired) electrons. The molecule has 0 bridgehead atoms. The van der Waals surface area contributed by atoms with E-state index in [0.29, 0.717) is 87.7 Å². The van der Waals surface area contributed by atoms with Gasteiger partial charge in [0.25, 0.3) is 5.56 Å². The van der Waals surface area contributed by atoms with Crippen molar-refractivity contribution in [2.75, 3.05) is 34.4 Å². The van der Waals surface area contributed by atoms with Crippen molar-refractivity contribution in [3.8, 4) is 45.5 Å². The van der Waals surface area contributed by atoms with Crippen LogP contribution in [0.5, 0.6) is 11.9 Å². The molecule has 1 aliphatic heterocycles. The summed E-state index contributed by atoms with van der Waals surface area (Å²) in [5.74, 6) is 0.569. The summed E-state index contributed by atoms with van der Waals surface area (Å²) in [4.78, 5) is 34.1. The fourth-order valence-corrected chi connectivity index (χ4v) is 6.35. The van der Waals surface area contributed by atoms with Gasteiger partial charge >= 0.3 is 6.01 Å². The number of nitrogens with zero attached hydrogens (tertiary/aromatic N) is 5. The van der Waals surface area contributed by atoms with Gasteiger partial charge in [-0.25, -0.2) is 9.50 Å². The zero-order chi connectivity index (χ0) is 33.1. The normalized spacial score (nSPS) is 14.5. The standard InChI is InChI=1S/C33H34Cl2N8O4/c1-36-13-14-42-32(45)26-15-20(18-43(26)41-33(42)47-3)30-29(35)23(11-12-38-30)22-5-4-6-24(28(22)34)25-9-7-19(31(40-25)46-2)16-37-17-21-8-10-27(44)39-21/h4-7,9,11-12,15,18,21,36-37H,8,10,13-14,16-17H2,1-3H3,(H,39,44). The molecule has 12 nitrogen and oxygen atoms in total. The molecule has 0 spiro atoms. The van der Waals surface area contributed by atoms with Gasteiger partial charge < -0.3 is 25.4 Å². The number of methoxy groups -OCH3 is 2. The molecule has 5 heterocycles. The largest absolute Gasteiger partial charge is 0.481 e. The highest BCUT2D eigenvalue weighted by Crippen LogP contribution is 2.41. The highest BCUT2D eigenvalue weighted by Gasteiger charge is 2.22. The molecule has 4 aromatic heterocycles. The molecule has 47 heavy (non-hydrogen) atoms. The molecule has 1 aliphatic rings. The second-order valence-corrected chi connectivity index (χ2v) is 11.8. The van der Waals surface area contributed by atoms with Crippen LogP contribution in [-0.2, 0) is 17.9 Å². The smallest absolute Gasteiger partial charge is 0.316 e. The van der Waals surface area contributed by atoms with Crippen LogP contribution in [-0.4, -0.2) is 70.5 Å². The molecule has 1 amide bonds. The minimum Gasteiger partial charge on any atom is -0.481 e. The molecule has 0 aliphatic carbocycles. The Hall–Kier alpha value is -4.49. The number of likely N-dealkylation sites (N-methyl/N-ethyl adjacent to an activating group) is 1. The second-order valence-electron chi connectivity index (χ2n) is 11.1. The lowest BCUT2D eigenvalue weighted by atomic mass is 10.00. The lowest BCUT2D eigenvalue weighted by Crippen LogP contribution is -2.35. The molecule has 1 saturated heterocycles. The van der Waals surface area contributed by atoms with E-state index < -0.39 is 0 Å². The summed E-state index contributed by atoms with van der Waals surface area (Å²) < 4.78 is 14.0. The maximum Gasteiger partial charge on any atom is 0.316 e. The Kier molecular flexibility index (Phi) is 9.73. The first-order valence-corrected chi connectivity index (χ1v) is 15.9. The van der Waals surface area contributed by atoms with E-state index in [1.807, 2.05) is 37.4 Å². The van der Waals surface area contributed by atoms with Crippen molar-refractivity contribution in [3.05, 3.63) is 80.8 Å². The number of halogens is 2. The Labute approximate surface area is 281 Å². The average molecular weight is 678 g/mol. The van der Waals surface area contributed by atoms with Crippen LogP contribution < -0.4 is 31.0 Å². The number of fused-ring (bicyclic) bond motifs is 1. The van der Waals surface area contributed by atoms with E-state index in [1.165, 1.54) is 16.2 Å². The number of aromatic nitrogens is 5. The predicted molar refractivity (Wildman–Crippen MR) is 181 cm³/mol. The molecule has 244 valence electrons. The fraction of sp³-hybridized carbons (Fsp3) is 0.303. The van der Waals surface area contributed by atoms with Crippen molar-refractivity contribution in [3.63, 3.8) is 0 Å². The van der Waals surface area contributed by atoms with Gasteiger partial charge in [-0.1, -0.05) is 47.5 Å². The minimum absolute atomic E-state index is 0.0899. The van der Waals surface area contributed by atoms with Gasteiger partial charge in [0, 0.05) is 78.9 Å². The quantitative estimate of drug-likeness (QED) is 0.178. The predicted octanol–water partition coefficient (Wildman–Crippen LogP) is 4.20. The Bertz CT molecular complexity index is 2010. The van der Waals surface area contributed by atoms with Crippen LogP contribution in [0.1, 0.15) is 18.4 Å². The number of hydrogen-bond acceptors (Lipinski definition) is 9. The zero-order valence-electron chi connectivity index (χ0n) is 26.1. The average Bonchev–Trinajstić information content (AvgIpc) is 3.70. The first kappa shape index (κ1) is 32.5. The summed E-state index contributed by atoms with van der Waals surface area (Å²) in [6, 6.07) is 13.4. The summed E-state index contributed by atoms with van der Waals surface area (Å²) in [7, 11) is 4.87. The molecule has 14 heteroatoms. The van der Waals surface area contributed by atoms with Crippen molar-refractivity contribution < 1.29 is 14.3 Å². The zero-order valence-corrected chi connectivity index (χ0v) is 27.7. The van der Waals surface area contributed by atoms with E-state index in [-0.39, 0.29) is 23.5 Å². The third kappa shape index (κ3) is 6.54. The van der Waals surface area contributed by atoms with E-state index in [4.69, 9.17) is 37.7 Å². The minimum atomic E-state index is -0.242. The molecule has 1 atom stereocenters. The van der Waals surface area contributed by atoms with Gasteiger partial charge in [0.1, 0.15) is 5.52 Å². The summed E-state index contributed by atoms with van der Waals surface area (Å²) in [6.07, 6.45) is 4.74. The maximum absolute atomic E-state index is 13.3. The Balaban J connectivity index is 1.30. The number of amides is 1. The lowest BCUT2D eigenvalue weighted by molar-refractivity contribution is -0.119. The Morgan fingerprint density at radius 1 is 1.04 bits per heavy atom. The van der Waals surface area contributed by atoms with Crippen LogP contribution >= 0.6 is 23.2 Å². The Morgan fingerprint density at radius 3 is 2.60 bits per heavy atom. The van der Waals surface area contributed by atoms with E-state index in [9.17, 15) is 9.59 Å². The first-order valence-electron chi connectivity index (χ1n) is 15.1. The highest BCUT2D eigenvalue weighted by molar-refractivity contribution is 6.39. The first-order chi connectivity index (χ1) is 22.8. The SMILES string of the molecule is CNCCn1c(OC)nn2cc(-c3nccc(-c4cccc(-c5ccc(CNCC6CCC(=O)N6)c(OC)n5)c4Cl)c3Cl)cc2c1=O. The third-order valence-corrected chi connectivity index (χ3v) is 8.90. The molecule has 1 unspecified atom stereocenters. The van der Waals surface area contributed by atoms with E-state index >= 15 is 0 Å². The van der Waals surface area contributed by atoms with Crippen LogP contribution in [0.3, 0.4) is 0 Å². The number of ether oxygens (including phenoxy) is 2. The Morgan fingerprint density at radius 2 is 1.85 bits per heavy atom. The van der Waals surface area contributed by atoms with Gasteiger partial charge in [-0.15, -0.1) is 5.10 Å². The van der Waals surface area contributed by atoms with E-state index in [0.717, 1.165) is 12.0 Å². The molecule has 6 rings (SSSR count). The summed E-state index contributed by atoms with van der Waals surface area (Å²) in [6.45, 7) is 2.17. The van der Waals surface area contributed by atoms with Gasteiger partial charge in [0.15, 0.2) is 0 Å². The highest BCUT2D eigenvalue weighted by atomic mass is 35.5. The van der Waals surface area contributed by atoms with Crippen molar-refractivity contribution in [1.29, 1.82) is 0 Å². The van der Waals surface area contributed by atoms with Gasteiger partial charge in [0.2, 0.25) is 11.8 Å². The van der Waals surface area contributed by atoms with E-state index in [1.54, 1.807) is 31.6 Å². The van der Waals surface area contributed by atoms with Gasteiger partial charge in [-0.2, -0.15) is 0 Å². The van der Waals surface area contributed by atoms with Crippen LogP contribution in [0.2, 0.25) is 10.0 Å². The van der Waals surface area contributed by atoms with E-state index in [2.05, 4.69) is 26.0 Å². The maximum atomic E-state index is 13.3. The molecule has 1 aromatic carbocycles. The van der Waals surface area contributed by atoms with Crippen molar-refractivity contribution >= 4 is 34.6 Å². The number of benzene rings is 1. The number of carbonyl (C=O) groups excluding carboxylic acids is 1. The number of pyridine rings is 2. The molecule has 3 N–H and O–H groups in total. The molecule has 0 saturated carbocycles.